The number of methoxy groups -OCH3 is 1. The summed E-state index contributed by atoms with van der Waals surface area (Å²) in [5.74, 6) is 1.94. The second-order valence-corrected chi connectivity index (χ2v) is 7.41. The predicted octanol–water partition coefficient (Wildman–Crippen LogP) is 3.66. The molecule has 7 heteroatoms. The highest BCUT2D eigenvalue weighted by atomic mass is 32.2. The van der Waals surface area contributed by atoms with E-state index in [9.17, 15) is 4.79 Å². The molecule has 0 N–H and O–H groups in total. The van der Waals surface area contributed by atoms with Crippen LogP contribution in [0.25, 0.3) is 11.4 Å². The lowest BCUT2D eigenvalue weighted by Crippen LogP contribution is -2.30. The van der Waals surface area contributed by atoms with Crippen molar-refractivity contribution in [2.24, 2.45) is 0 Å². The minimum absolute atomic E-state index is 0.0967. The van der Waals surface area contributed by atoms with Crippen LogP contribution >= 0.6 is 11.8 Å². The van der Waals surface area contributed by atoms with Crippen molar-refractivity contribution in [3.05, 3.63) is 54.1 Å². The molecule has 0 bridgehead atoms. The normalized spacial score (nSPS) is 12.9. The highest BCUT2D eigenvalue weighted by Gasteiger charge is 2.25. The van der Waals surface area contributed by atoms with Gasteiger partial charge in [0.25, 0.3) is 0 Å². The fourth-order valence-corrected chi connectivity index (χ4v) is 4.39. The minimum Gasteiger partial charge on any atom is -0.496 e. The molecule has 0 spiro atoms. The molecule has 2 heterocycles. The number of anilines is 1. The molecular weight excluding hydrogens is 372 g/mol. The largest absolute Gasteiger partial charge is 0.496 e. The lowest BCUT2D eigenvalue weighted by atomic mass is 10.2. The fourth-order valence-electron chi connectivity index (χ4n) is 3.51. The monoisotopic (exact) mass is 394 g/mol. The number of aromatic nitrogens is 3. The Labute approximate surface area is 168 Å². The van der Waals surface area contributed by atoms with E-state index in [1.54, 1.807) is 7.11 Å². The number of thioether (sulfide) groups is 1. The van der Waals surface area contributed by atoms with Gasteiger partial charge < -0.3 is 14.2 Å². The first-order valence-corrected chi connectivity index (χ1v) is 10.3. The van der Waals surface area contributed by atoms with Crippen molar-refractivity contribution in [2.45, 2.75) is 25.0 Å². The van der Waals surface area contributed by atoms with Crippen molar-refractivity contribution < 1.29 is 9.53 Å². The van der Waals surface area contributed by atoms with Crippen LogP contribution in [0.5, 0.6) is 5.75 Å². The highest BCUT2D eigenvalue weighted by molar-refractivity contribution is 7.99. The van der Waals surface area contributed by atoms with Gasteiger partial charge >= 0.3 is 0 Å². The second kappa shape index (κ2) is 8.06. The third kappa shape index (κ3) is 3.38. The van der Waals surface area contributed by atoms with Crippen LogP contribution < -0.4 is 9.64 Å². The molecule has 28 heavy (non-hydrogen) atoms. The van der Waals surface area contributed by atoms with Gasteiger partial charge in [0.1, 0.15) is 5.75 Å². The predicted molar refractivity (Wildman–Crippen MR) is 111 cm³/mol. The number of hydrogen-bond donors (Lipinski definition) is 0. The number of rotatable bonds is 6. The number of carbonyl (C=O) groups is 1. The van der Waals surface area contributed by atoms with Gasteiger partial charge in [-0.25, -0.2) is 0 Å². The third-order valence-electron chi connectivity index (χ3n) is 4.89. The smallest absolute Gasteiger partial charge is 0.237 e. The average Bonchev–Trinajstić information content (AvgIpc) is 3.35. The van der Waals surface area contributed by atoms with E-state index in [1.165, 1.54) is 17.3 Å². The zero-order valence-electron chi connectivity index (χ0n) is 16.0. The van der Waals surface area contributed by atoms with E-state index in [2.05, 4.69) is 16.3 Å². The summed E-state index contributed by atoms with van der Waals surface area (Å²) in [6, 6.07) is 15.9. The number of nitrogens with zero attached hydrogens (tertiary/aromatic N) is 4. The van der Waals surface area contributed by atoms with Gasteiger partial charge in [-0.05, 0) is 37.1 Å². The molecule has 0 saturated carbocycles. The number of hydrogen-bond acceptors (Lipinski definition) is 5. The maximum Gasteiger partial charge on any atom is 0.237 e. The van der Waals surface area contributed by atoms with Gasteiger partial charge in [-0.3, -0.25) is 4.79 Å². The number of ether oxygens (including phenoxy) is 1. The van der Waals surface area contributed by atoms with Crippen LogP contribution in [0.3, 0.4) is 0 Å². The van der Waals surface area contributed by atoms with Crippen molar-refractivity contribution in [1.82, 2.24) is 14.8 Å². The molecule has 1 aromatic heterocycles. The maximum absolute atomic E-state index is 12.8. The third-order valence-corrected chi connectivity index (χ3v) is 5.85. The van der Waals surface area contributed by atoms with Crippen LogP contribution in [0, 0.1) is 0 Å². The molecule has 6 nitrogen and oxygen atoms in total. The zero-order chi connectivity index (χ0) is 19.5. The molecule has 0 unspecified atom stereocenters. The first kappa shape index (κ1) is 18.6. The SMILES string of the molecule is CCn1c(SCC(=O)N2CCc3ccccc32)nnc1-c1ccccc1OC. The molecule has 4 rings (SSSR count). The van der Waals surface area contributed by atoms with Gasteiger partial charge in [-0.1, -0.05) is 42.1 Å². The standard InChI is InChI=1S/C21H22N4O2S/c1-3-24-20(16-9-5-7-11-18(16)27-2)22-23-21(24)28-14-19(26)25-13-12-15-8-4-6-10-17(15)25/h4-11H,3,12-14H2,1-2H3. The number of fused-ring (bicyclic) bond motifs is 1. The molecule has 1 aliphatic heterocycles. The van der Waals surface area contributed by atoms with Crippen molar-refractivity contribution >= 4 is 23.4 Å². The molecule has 0 atom stereocenters. The van der Waals surface area contributed by atoms with Gasteiger partial charge in [-0.2, -0.15) is 0 Å². The van der Waals surface area contributed by atoms with E-state index in [-0.39, 0.29) is 5.91 Å². The molecule has 1 aliphatic rings. The summed E-state index contributed by atoms with van der Waals surface area (Å²) >= 11 is 1.43. The summed E-state index contributed by atoms with van der Waals surface area (Å²) in [6.45, 7) is 3.50. The molecule has 0 radical (unpaired) electrons. The van der Waals surface area contributed by atoms with Crippen LogP contribution in [-0.4, -0.2) is 40.1 Å². The molecule has 3 aromatic rings. The van der Waals surface area contributed by atoms with Crippen LogP contribution in [0.1, 0.15) is 12.5 Å². The van der Waals surface area contributed by atoms with Crippen molar-refractivity contribution in [2.75, 3.05) is 24.3 Å². The van der Waals surface area contributed by atoms with Crippen LogP contribution in [0.4, 0.5) is 5.69 Å². The molecule has 2 aromatic carbocycles. The van der Waals surface area contributed by atoms with Crippen LogP contribution in [0.2, 0.25) is 0 Å². The van der Waals surface area contributed by atoms with E-state index in [4.69, 9.17) is 4.74 Å². The van der Waals surface area contributed by atoms with E-state index < -0.39 is 0 Å². The summed E-state index contributed by atoms with van der Waals surface area (Å²) in [7, 11) is 1.65. The minimum atomic E-state index is 0.0967. The summed E-state index contributed by atoms with van der Waals surface area (Å²) in [5.41, 5.74) is 3.15. The van der Waals surface area contributed by atoms with Gasteiger partial charge in [-0.15, -0.1) is 10.2 Å². The maximum atomic E-state index is 12.8. The Morgan fingerprint density at radius 1 is 1.14 bits per heavy atom. The first-order chi connectivity index (χ1) is 13.7. The number of carbonyl (C=O) groups excluding carboxylic acids is 1. The fraction of sp³-hybridized carbons (Fsp3) is 0.286. The van der Waals surface area contributed by atoms with Gasteiger partial charge in [0.15, 0.2) is 11.0 Å². The lowest BCUT2D eigenvalue weighted by Gasteiger charge is -2.17. The summed E-state index contributed by atoms with van der Waals surface area (Å²) in [4.78, 5) is 14.7. The molecule has 0 saturated heterocycles. The van der Waals surface area contributed by atoms with Gasteiger partial charge in [0.05, 0.1) is 18.4 Å². The highest BCUT2D eigenvalue weighted by Crippen LogP contribution is 2.32. The van der Waals surface area contributed by atoms with Crippen LogP contribution in [0.15, 0.2) is 53.7 Å². The van der Waals surface area contributed by atoms with E-state index in [1.807, 2.05) is 58.9 Å². The zero-order valence-corrected chi connectivity index (χ0v) is 16.8. The molecule has 0 aliphatic carbocycles. The van der Waals surface area contributed by atoms with Gasteiger partial charge in [0, 0.05) is 18.8 Å². The van der Waals surface area contributed by atoms with E-state index in [0.717, 1.165) is 40.9 Å². The van der Waals surface area contributed by atoms with Crippen LogP contribution in [-0.2, 0) is 17.8 Å². The van der Waals surface area contributed by atoms with Gasteiger partial charge in [0.2, 0.25) is 5.91 Å². The Morgan fingerprint density at radius 3 is 2.75 bits per heavy atom. The summed E-state index contributed by atoms with van der Waals surface area (Å²) in [5, 5.41) is 9.44. The average molecular weight is 395 g/mol. The molecule has 0 fully saturated rings. The Bertz CT molecular complexity index is 1000. The lowest BCUT2D eigenvalue weighted by molar-refractivity contribution is -0.116. The van der Waals surface area contributed by atoms with E-state index >= 15 is 0 Å². The van der Waals surface area contributed by atoms with Crippen molar-refractivity contribution in [1.29, 1.82) is 0 Å². The molecule has 1 amide bonds. The topological polar surface area (TPSA) is 60.2 Å². The summed E-state index contributed by atoms with van der Waals surface area (Å²) in [6.07, 6.45) is 0.912. The van der Waals surface area contributed by atoms with E-state index in [0.29, 0.717) is 12.3 Å². The first-order valence-electron chi connectivity index (χ1n) is 9.30. The molecule has 144 valence electrons. The Morgan fingerprint density at radius 2 is 1.93 bits per heavy atom. The molecular formula is C21H22N4O2S. The van der Waals surface area contributed by atoms with Crippen molar-refractivity contribution in [3.8, 4) is 17.1 Å². The number of amides is 1. The Balaban J connectivity index is 1.52. The Kier molecular flexibility index (Phi) is 5.34. The number of para-hydroxylation sites is 2. The summed E-state index contributed by atoms with van der Waals surface area (Å²) < 4.78 is 7.48. The second-order valence-electron chi connectivity index (χ2n) is 6.46. The van der Waals surface area contributed by atoms with Crippen molar-refractivity contribution in [3.63, 3.8) is 0 Å². The Hall–Kier alpha value is -2.80. The quantitative estimate of drug-likeness (QED) is 0.597. The number of benzene rings is 2.